The second kappa shape index (κ2) is 5.34. The lowest BCUT2D eigenvalue weighted by Crippen LogP contribution is -2.42. The van der Waals surface area contributed by atoms with E-state index in [1.165, 1.54) is 16.7 Å². The van der Waals surface area contributed by atoms with Gasteiger partial charge in [-0.2, -0.15) is 0 Å². The minimum absolute atomic E-state index is 0.412. The van der Waals surface area contributed by atoms with Crippen molar-refractivity contribution < 1.29 is 0 Å². The van der Waals surface area contributed by atoms with Gasteiger partial charge in [-0.3, -0.25) is 0 Å². The van der Waals surface area contributed by atoms with Crippen LogP contribution in [0.4, 0.5) is 0 Å². The molecule has 3 rings (SSSR count). The van der Waals surface area contributed by atoms with E-state index in [1.807, 2.05) is 0 Å². The van der Waals surface area contributed by atoms with Crippen molar-refractivity contribution in [3.63, 3.8) is 0 Å². The van der Waals surface area contributed by atoms with E-state index in [4.69, 9.17) is 0 Å². The highest BCUT2D eigenvalue weighted by atomic mass is 15.1. The normalized spacial score (nSPS) is 19.7. The van der Waals surface area contributed by atoms with Gasteiger partial charge in [-0.05, 0) is 16.7 Å². The van der Waals surface area contributed by atoms with Crippen molar-refractivity contribution in [3.05, 3.63) is 60.2 Å². The van der Waals surface area contributed by atoms with Gasteiger partial charge in [0.25, 0.3) is 0 Å². The van der Waals surface area contributed by atoms with Gasteiger partial charge < -0.3 is 10.6 Å². The second-order valence-electron chi connectivity index (χ2n) is 4.66. The molecule has 1 fully saturated rings. The van der Waals surface area contributed by atoms with Crippen LogP contribution in [0.15, 0.2) is 54.6 Å². The molecule has 0 unspecified atom stereocenters. The fourth-order valence-electron chi connectivity index (χ4n) is 2.55. The van der Waals surface area contributed by atoms with Gasteiger partial charge in [-0.25, -0.2) is 0 Å². The van der Waals surface area contributed by atoms with Crippen LogP contribution in [0.2, 0.25) is 0 Å². The van der Waals surface area contributed by atoms with Crippen molar-refractivity contribution in [2.75, 3.05) is 19.6 Å². The molecule has 2 aromatic carbocycles. The Hall–Kier alpha value is -1.64. The van der Waals surface area contributed by atoms with Crippen LogP contribution in [0.1, 0.15) is 11.6 Å². The topological polar surface area (TPSA) is 24.1 Å². The van der Waals surface area contributed by atoms with E-state index in [0.29, 0.717) is 6.04 Å². The molecule has 92 valence electrons. The summed E-state index contributed by atoms with van der Waals surface area (Å²) in [5, 5.41) is 7.03. The third-order valence-corrected chi connectivity index (χ3v) is 3.46. The van der Waals surface area contributed by atoms with Gasteiger partial charge in [-0.1, -0.05) is 54.6 Å². The second-order valence-corrected chi connectivity index (χ2v) is 4.66. The molecule has 2 nitrogen and oxygen atoms in total. The molecule has 1 heterocycles. The summed E-state index contributed by atoms with van der Waals surface area (Å²) in [6.45, 7) is 3.10. The van der Waals surface area contributed by atoms with Crippen molar-refractivity contribution in [3.8, 4) is 11.1 Å². The minimum Gasteiger partial charge on any atom is -0.314 e. The predicted molar refractivity (Wildman–Crippen MR) is 75.5 cm³/mol. The number of rotatable bonds is 2. The number of piperazine rings is 1. The van der Waals surface area contributed by atoms with E-state index in [2.05, 4.69) is 65.2 Å². The predicted octanol–water partition coefficient (Wildman–Crippen LogP) is 2.59. The Balaban J connectivity index is 1.99. The molecule has 0 aromatic heterocycles. The fraction of sp³-hybridized carbons (Fsp3) is 0.250. The van der Waals surface area contributed by atoms with Crippen molar-refractivity contribution >= 4 is 0 Å². The highest BCUT2D eigenvalue weighted by Crippen LogP contribution is 2.28. The molecule has 18 heavy (non-hydrogen) atoms. The molecule has 2 N–H and O–H groups in total. The summed E-state index contributed by atoms with van der Waals surface area (Å²) in [5.74, 6) is 0. The summed E-state index contributed by atoms with van der Waals surface area (Å²) in [7, 11) is 0. The molecular weight excluding hydrogens is 220 g/mol. The average molecular weight is 238 g/mol. The number of hydrogen-bond acceptors (Lipinski definition) is 2. The van der Waals surface area contributed by atoms with E-state index in [0.717, 1.165) is 19.6 Å². The molecular formula is C16H18N2. The molecule has 0 spiro atoms. The molecule has 1 saturated heterocycles. The smallest absolute Gasteiger partial charge is 0.0453 e. The van der Waals surface area contributed by atoms with E-state index in [9.17, 15) is 0 Å². The first-order valence-corrected chi connectivity index (χ1v) is 6.53. The molecule has 0 bridgehead atoms. The summed E-state index contributed by atoms with van der Waals surface area (Å²) in [4.78, 5) is 0. The van der Waals surface area contributed by atoms with Crippen LogP contribution in [0.25, 0.3) is 11.1 Å². The maximum absolute atomic E-state index is 3.58. The zero-order valence-electron chi connectivity index (χ0n) is 10.4. The summed E-state index contributed by atoms with van der Waals surface area (Å²) in [5.41, 5.74) is 4.01. The van der Waals surface area contributed by atoms with Gasteiger partial charge in [0.2, 0.25) is 0 Å². The number of benzene rings is 2. The Kier molecular flexibility index (Phi) is 3.40. The monoisotopic (exact) mass is 238 g/mol. The quantitative estimate of drug-likeness (QED) is 0.840. The Labute approximate surface area is 108 Å². The molecule has 2 aromatic rings. The third-order valence-electron chi connectivity index (χ3n) is 3.46. The van der Waals surface area contributed by atoms with Crippen LogP contribution in [-0.2, 0) is 0 Å². The Morgan fingerprint density at radius 3 is 2.39 bits per heavy atom. The first kappa shape index (κ1) is 11.5. The maximum Gasteiger partial charge on any atom is 0.0453 e. The van der Waals surface area contributed by atoms with Crippen LogP contribution >= 0.6 is 0 Å². The highest BCUT2D eigenvalue weighted by Gasteiger charge is 2.17. The van der Waals surface area contributed by atoms with E-state index in [1.54, 1.807) is 0 Å². The zero-order chi connectivity index (χ0) is 12.2. The van der Waals surface area contributed by atoms with Crippen molar-refractivity contribution in [1.82, 2.24) is 10.6 Å². The molecule has 1 aliphatic rings. The third kappa shape index (κ3) is 2.30. The van der Waals surface area contributed by atoms with Crippen LogP contribution in [0.5, 0.6) is 0 Å². The van der Waals surface area contributed by atoms with Crippen molar-refractivity contribution in [2.45, 2.75) is 6.04 Å². The first-order chi connectivity index (χ1) is 8.95. The van der Waals surface area contributed by atoms with Crippen LogP contribution in [0, 0.1) is 0 Å². The van der Waals surface area contributed by atoms with Crippen molar-refractivity contribution in [2.24, 2.45) is 0 Å². The van der Waals surface area contributed by atoms with Gasteiger partial charge in [0, 0.05) is 25.7 Å². The van der Waals surface area contributed by atoms with Crippen LogP contribution < -0.4 is 10.6 Å². The molecule has 2 heteroatoms. The largest absolute Gasteiger partial charge is 0.314 e. The number of nitrogens with one attached hydrogen (secondary N) is 2. The molecule has 0 radical (unpaired) electrons. The molecule has 1 atom stereocenters. The maximum atomic E-state index is 3.58. The lowest BCUT2D eigenvalue weighted by Gasteiger charge is -2.26. The average Bonchev–Trinajstić information content (AvgIpc) is 2.49. The highest BCUT2D eigenvalue weighted by molar-refractivity contribution is 5.67. The van der Waals surface area contributed by atoms with Crippen molar-refractivity contribution in [1.29, 1.82) is 0 Å². The Morgan fingerprint density at radius 1 is 0.833 bits per heavy atom. The van der Waals surface area contributed by atoms with Gasteiger partial charge in [0.05, 0.1) is 0 Å². The lowest BCUT2D eigenvalue weighted by molar-refractivity contribution is 0.431. The molecule has 0 amide bonds. The van der Waals surface area contributed by atoms with Gasteiger partial charge in [-0.15, -0.1) is 0 Å². The summed E-state index contributed by atoms with van der Waals surface area (Å²) in [6, 6.07) is 19.7. The van der Waals surface area contributed by atoms with E-state index >= 15 is 0 Å². The first-order valence-electron chi connectivity index (χ1n) is 6.53. The van der Waals surface area contributed by atoms with E-state index in [-0.39, 0.29) is 0 Å². The standard InChI is InChI=1S/C16H18N2/c1-2-6-13(7-3-1)14-8-4-5-9-15(14)16-12-17-10-11-18-16/h1-9,16-18H,10-12H2/t16-/m0/s1. The minimum atomic E-state index is 0.412. The summed E-state index contributed by atoms with van der Waals surface area (Å²) < 4.78 is 0. The number of hydrogen-bond donors (Lipinski definition) is 2. The lowest BCUT2D eigenvalue weighted by atomic mass is 9.94. The zero-order valence-corrected chi connectivity index (χ0v) is 10.4. The summed E-state index contributed by atoms with van der Waals surface area (Å²) >= 11 is 0. The summed E-state index contributed by atoms with van der Waals surface area (Å²) in [6.07, 6.45) is 0. The fourth-order valence-corrected chi connectivity index (χ4v) is 2.55. The van der Waals surface area contributed by atoms with Gasteiger partial charge in [0.15, 0.2) is 0 Å². The Bertz CT molecular complexity index is 502. The molecule has 0 saturated carbocycles. The van der Waals surface area contributed by atoms with E-state index < -0.39 is 0 Å². The van der Waals surface area contributed by atoms with Gasteiger partial charge >= 0.3 is 0 Å². The SMILES string of the molecule is c1ccc(-c2ccccc2[C@@H]2CNCCN2)cc1. The Morgan fingerprint density at radius 2 is 1.61 bits per heavy atom. The molecule has 0 aliphatic carbocycles. The van der Waals surface area contributed by atoms with Crippen LogP contribution in [0.3, 0.4) is 0 Å². The van der Waals surface area contributed by atoms with Crippen LogP contribution in [-0.4, -0.2) is 19.6 Å². The molecule has 1 aliphatic heterocycles. The van der Waals surface area contributed by atoms with Gasteiger partial charge in [0.1, 0.15) is 0 Å².